The van der Waals surface area contributed by atoms with Crippen LogP contribution in [0.2, 0.25) is 0 Å². The van der Waals surface area contributed by atoms with Crippen molar-refractivity contribution in [3.63, 3.8) is 0 Å². The van der Waals surface area contributed by atoms with Gasteiger partial charge in [-0.2, -0.15) is 11.8 Å². The summed E-state index contributed by atoms with van der Waals surface area (Å²) in [5.74, 6) is 3.47. The van der Waals surface area contributed by atoms with Gasteiger partial charge in [0.25, 0.3) is 0 Å². The predicted octanol–water partition coefficient (Wildman–Crippen LogP) is 2.52. The van der Waals surface area contributed by atoms with Crippen LogP contribution < -0.4 is 5.32 Å². The van der Waals surface area contributed by atoms with E-state index in [4.69, 9.17) is 0 Å². The van der Waals surface area contributed by atoms with Crippen molar-refractivity contribution < 1.29 is 0 Å². The third kappa shape index (κ3) is 5.04. The van der Waals surface area contributed by atoms with Gasteiger partial charge in [-0.05, 0) is 43.2 Å². The summed E-state index contributed by atoms with van der Waals surface area (Å²) >= 11 is 2.06. The molecule has 1 atom stereocenters. The van der Waals surface area contributed by atoms with Crippen molar-refractivity contribution in [2.24, 2.45) is 5.92 Å². The van der Waals surface area contributed by atoms with Crippen molar-refractivity contribution in [1.29, 1.82) is 0 Å². The fourth-order valence-corrected chi connectivity index (χ4v) is 2.04. The Balaban J connectivity index is 1.84. The van der Waals surface area contributed by atoms with Gasteiger partial charge in [0.2, 0.25) is 0 Å². The van der Waals surface area contributed by atoms with E-state index in [0.717, 1.165) is 12.0 Å². The molecule has 1 unspecified atom stereocenters. The highest BCUT2D eigenvalue weighted by atomic mass is 32.2. The van der Waals surface area contributed by atoms with E-state index in [9.17, 15) is 0 Å². The molecule has 72 valence electrons. The number of nitrogens with one attached hydrogen (secondary N) is 1. The molecule has 1 fully saturated rings. The van der Waals surface area contributed by atoms with Gasteiger partial charge in [0.1, 0.15) is 0 Å². The first-order chi connectivity index (χ1) is 5.83. The van der Waals surface area contributed by atoms with Crippen LogP contribution in [0.5, 0.6) is 0 Å². The van der Waals surface area contributed by atoms with Crippen LogP contribution >= 0.6 is 11.8 Å². The Morgan fingerprint density at radius 2 is 2.25 bits per heavy atom. The summed E-state index contributed by atoms with van der Waals surface area (Å²) in [6.45, 7) is 5.82. The van der Waals surface area contributed by atoms with Crippen LogP contribution in [0.25, 0.3) is 0 Å². The maximum atomic E-state index is 3.57. The Bertz CT molecular complexity index is 112. The fraction of sp³-hybridized carbons (Fsp3) is 1.00. The lowest BCUT2D eigenvalue weighted by molar-refractivity contribution is 0.501. The highest BCUT2D eigenvalue weighted by molar-refractivity contribution is 7.99. The molecule has 1 aliphatic rings. The predicted molar refractivity (Wildman–Crippen MR) is 57.8 cm³/mol. The largest absolute Gasteiger partial charge is 0.314 e. The van der Waals surface area contributed by atoms with E-state index in [1.54, 1.807) is 0 Å². The summed E-state index contributed by atoms with van der Waals surface area (Å²) in [4.78, 5) is 0. The highest BCUT2D eigenvalue weighted by Crippen LogP contribution is 2.19. The van der Waals surface area contributed by atoms with E-state index < -0.39 is 0 Å². The summed E-state index contributed by atoms with van der Waals surface area (Å²) in [5.41, 5.74) is 0. The van der Waals surface area contributed by atoms with E-state index in [0.29, 0.717) is 0 Å². The molecule has 0 aromatic carbocycles. The summed E-state index contributed by atoms with van der Waals surface area (Å²) in [6, 6.07) is 0.881. The zero-order valence-electron chi connectivity index (χ0n) is 8.31. The van der Waals surface area contributed by atoms with E-state index in [2.05, 4.69) is 30.9 Å². The maximum Gasteiger partial charge on any atom is 0.00683 e. The Labute approximate surface area is 80.7 Å². The van der Waals surface area contributed by atoms with E-state index >= 15 is 0 Å². The number of rotatable bonds is 7. The van der Waals surface area contributed by atoms with Crippen molar-refractivity contribution in [1.82, 2.24) is 5.32 Å². The van der Waals surface area contributed by atoms with E-state index in [1.807, 2.05) is 0 Å². The summed E-state index contributed by atoms with van der Waals surface area (Å²) < 4.78 is 0. The van der Waals surface area contributed by atoms with Crippen molar-refractivity contribution in [2.45, 2.75) is 39.2 Å². The first-order valence-corrected chi connectivity index (χ1v) is 6.29. The molecular formula is C10H21NS. The maximum absolute atomic E-state index is 3.57. The average Bonchev–Trinajstić information content (AvgIpc) is 2.84. The molecule has 0 saturated heterocycles. The summed E-state index contributed by atoms with van der Waals surface area (Å²) in [6.07, 6.45) is 4.20. The molecule has 1 saturated carbocycles. The molecule has 0 radical (unpaired) electrons. The molecule has 1 nitrogen and oxygen atoms in total. The molecule has 1 aliphatic carbocycles. The van der Waals surface area contributed by atoms with E-state index in [-0.39, 0.29) is 0 Å². The van der Waals surface area contributed by atoms with Gasteiger partial charge in [-0.15, -0.1) is 0 Å². The van der Waals surface area contributed by atoms with Crippen LogP contribution in [0.1, 0.15) is 33.1 Å². The lowest BCUT2D eigenvalue weighted by Crippen LogP contribution is -2.23. The first-order valence-electron chi connectivity index (χ1n) is 5.14. The number of thioether (sulfide) groups is 1. The molecule has 0 bridgehead atoms. The zero-order valence-corrected chi connectivity index (χ0v) is 9.12. The third-order valence-corrected chi connectivity index (χ3v) is 3.22. The molecule has 0 aliphatic heterocycles. The van der Waals surface area contributed by atoms with Crippen LogP contribution in [0, 0.1) is 5.92 Å². The lowest BCUT2D eigenvalue weighted by atomic mass is 10.1. The second-order valence-electron chi connectivity index (χ2n) is 3.77. The fourth-order valence-electron chi connectivity index (χ4n) is 1.19. The van der Waals surface area contributed by atoms with Gasteiger partial charge < -0.3 is 5.32 Å². The Morgan fingerprint density at radius 1 is 1.50 bits per heavy atom. The molecule has 2 heteroatoms. The van der Waals surface area contributed by atoms with Crippen LogP contribution in [-0.4, -0.2) is 24.1 Å². The molecule has 12 heavy (non-hydrogen) atoms. The Morgan fingerprint density at radius 3 is 2.83 bits per heavy atom. The van der Waals surface area contributed by atoms with Gasteiger partial charge in [-0.3, -0.25) is 0 Å². The van der Waals surface area contributed by atoms with E-state index in [1.165, 1.54) is 37.3 Å². The second kappa shape index (κ2) is 5.87. The number of hydrogen-bond donors (Lipinski definition) is 1. The van der Waals surface area contributed by atoms with Crippen LogP contribution in [0.4, 0.5) is 0 Å². The van der Waals surface area contributed by atoms with Crippen molar-refractivity contribution in [3.05, 3.63) is 0 Å². The minimum absolute atomic E-state index is 0.865. The van der Waals surface area contributed by atoms with Gasteiger partial charge in [-0.25, -0.2) is 0 Å². The van der Waals surface area contributed by atoms with Gasteiger partial charge in [0.05, 0.1) is 0 Å². The first kappa shape index (κ1) is 10.4. The van der Waals surface area contributed by atoms with Gasteiger partial charge in [0.15, 0.2) is 0 Å². The highest BCUT2D eigenvalue weighted by Gasteiger charge is 2.20. The molecular weight excluding hydrogens is 166 g/mol. The smallest absolute Gasteiger partial charge is 0.00683 e. The van der Waals surface area contributed by atoms with Crippen LogP contribution in [-0.2, 0) is 0 Å². The molecule has 0 aromatic heterocycles. The number of hydrogen-bond acceptors (Lipinski definition) is 2. The minimum atomic E-state index is 0.865. The Hall–Kier alpha value is 0.310. The molecule has 1 rings (SSSR count). The van der Waals surface area contributed by atoms with Gasteiger partial charge in [0, 0.05) is 6.04 Å². The normalized spacial score (nSPS) is 19.5. The summed E-state index contributed by atoms with van der Waals surface area (Å²) in [7, 11) is 0. The van der Waals surface area contributed by atoms with Gasteiger partial charge in [-0.1, -0.05) is 13.8 Å². The quantitative estimate of drug-likeness (QED) is 0.615. The van der Waals surface area contributed by atoms with Crippen molar-refractivity contribution in [2.75, 3.05) is 18.1 Å². The minimum Gasteiger partial charge on any atom is -0.314 e. The zero-order chi connectivity index (χ0) is 8.81. The van der Waals surface area contributed by atoms with Crippen LogP contribution in [0.15, 0.2) is 0 Å². The average molecular weight is 187 g/mol. The van der Waals surface area contributed by atoms with Gasteiger partial charge >= 0.3 is 0 Å². The topological polar surface area (TPSA) is 12.0 Å². The summed E-state index contributed by atoms with van der Waals surface area (Å²) in [5, 5.41) is 3.57. The molecule has 0 aromatic rings. The molecule has 0 heterocycles. The van der Waals surface area contributed by atoms with Crippen LogP contribution in [0.3, 0.4) is 0 Å². The van der Waals surface area contributed by atoms with Crippen molar-refractivity contribution in [3.8, 4) is 0 Å². The Kier molecular flexibility index (Phi) is 5.08. The molecule has 0 spiro atoms. The standard InChI is InChI=1S/C10H21NS/c1-3-12-7-6-9(2)8-11-10-4-5-10/h9-11H,3-8H2,1-2H3. The van der Waals surface area contributed by atoms with Crippen molar-refractivity contribution >= 4 is 11.8 Å². The second-order valence-corrected chi connectivity index (χ2v) is 5.17. The third-order valence-electron chi connectivity index (χ3n) is 2.29. The lowest BCUT2D eigenvalue weighted by Gasteiger charge is -2.11. The molecule has 1 N–H and O–H groups in total. The SMILES string of the molecule is CCSCCC(C)CNC1CC1. The monoisotopic (exact) mass is 187 g/mol. The molecule has 0 amide bonds.